The molecule has 1 aromatic carbocycles. The summed E-state index contributed by atoms with van der Waals surface area (Å²) >= 11 is 0. The van der Waals surface area contributed by atoms with Crippen molar-refractivity contribution in [3.8, 4) is 11.3 Å². The van der Waals surface area contributed by atoms with E-state index in [1.165, 1.54) is 0 Å². The van der Waals surface area contributed by atoms with Crippen molar-refractivity contribution in [3.63, 3.8) is 0 Å². The number of oxazole rings is 1. The minimum Gasteiger partial charge on any atom is -0.440 e. The molecule has 0 saturated carbocycles. The topological polar surface area (TPSA) is 72.4 Å². The van der Waals surface area contributed by atoms with Gasteiger partial charge in [0.2, 0.25) is 5.91 Å². The molecule has 1 atom stereocenters. The van der Waals surface area contributed by atoms with Crippen molar-refractivity contribution in [2.45, 2.75) is 38.6 Å². The van der Waals surface area contributed by atoms with E-state index in [4.69, 9.17) is 10.2 Å². The highest BCUT2D eigenvalue weighted by Gasteiger charge is 2.21. The molecule has 1 amide bonds. The van der Waals surface area contributed by atoms with Crippen molar-refractivity contribution in [3.05, 3.63) is 41.9 Å². The Morgan fingerprint density at radius 2 is 2.17 bits per heavy atom. The molecular weight excluding hydrogens is 290 g/mol. The van der Waals surface area contributed by atoms with Crippen LogP contribution in [0.3, 0.4) is 0 Å². The summed E-state index contributed by atoms with van der Waals surface area (Å²) in [5.41, 5.74) is 7.80. The maximum atomic E-state index is 12.3. The van der Waals surface area contributed by atoms with Gasteiger partial charge in [0.15, 0.2) is 11.7 Å². The highest BCUT2D eigenvalue weighted by atomic mass is 16.4. The number of carbonyl (C=O) groups excluding carboxylic acids is 1. The Bertz CT molecular complexity index is 666. The fourth-order valence-electron chi connectivity index (χ4n) is 3.03. The number of nitrogens with zero attached hydrogens (tertiary/aromatic N) is 2. The third-order valence-electron chi connectivity index (χ3n) is 4.24. The molecule has 23 heavy (non-hydrogen) atoms. The summed E-state index contributed by atoms with van der Waals surface area (Å²) in [7, 11) is 0. The monoisotopic (exact) mass is 313 g/mol. The van der Waals surface area contributed by atoms with Gasteiger partial charge < -0.3 is 15.1 Å². The van der Waals surface area contributed by atoms with Gasteiger partial charge in [-0.05, 0) is 19.8 Å². The van der Waals surface area contributed by atoms with Gasteiger partial charge in [0.25, 0.3) is 0 Å². The lowest BCUT2D eigenvalue weighted by Crippen LogP contribution is -2.45. The second-order valence-electron chi connectivity index (χ2n) is 6.13. The molecule has 0 radical (unpaired) electrons. The summed E-state index contributed by atoms with van der Waals surface area (Å²) in [6.07, 6.45) is 2.94. The first-order valence-corrected chi connectivity index (χ1v) is 8.18. The predicted octanol–water partition coefficient (Wildman–Crippen LogP) is 2.53. The highest BCUT2D eigenvalue weighted by molar-refractivity contribution is 5.76. The van der Waals surface area contributed by atoms with Crippen LogP contribution in [-0.2, 0) is 11.2 Å². The first-order valence-electron chi connectivity index (χ1n) is 8.18. The molecule has 2 heterocycles. The number of hydrogen-bond donors (Lipinski definition) is 1. The summed E-state index contributed by atoms with van der Waals surface area (Å²) < 4.78 is 5.85. The summed E-state index contributed by atoms with van der Waals surface area (Å²) in [6.45, 7) is 3.41. The SMILES string of the molecule is Cc1nc(CCC(=O)N2CCC[C@H](N)C2)oc1-c1ccccc1. The quantitative estimate of drug-likeness (QED) is 0.941. The van der Waals surface area contributed by atoms with Crippen LogP contribution in [0.2, 0.25) is 0 Å². The molecule has 122 valence electrons. The fraction of sp³-hybridized carbons (Fsp3) is 0.444. The van der Waals surface area contributed by atoms with Crippen LogP contribution < -0.4 is 5.73 Å². The largest absolute Gasteiger partial charge is 0.440 e. The summed E-state index contributed by atoms with van der Waals surface area (Å²) in [6, 6.07) is 10.0. The number of piperidine rings is 1. The van der Waals surface area contributed by atoms with Crippen LogP contribution in [0.5, 0.6) is 0 Å². The predicted molar refractivity (Wildman–Crippen MR) is 88.8 cm³/mol. The molecule has 5 heteroatoms. The van der Waals surface area contributed by atoms with Gasteiger partial charge in [-0.3, -0.25) is 4.79 Å². The van der Waals surface area contributed by atoms with Gasteiger partial charge in [0.1, 0.15) is 0 Å². The third-order valence-corrected chi connectivity index (χ3v) is 4.24. The lowest BCUT2D eigenvalue weighted by molar-refractivity contribution is -0.132. The molecule has 3 rings (SSSR count). The van der Waals surface area contributed by atoms with Gasteiger partial charge in [-0.2, -0.15) is 0 Å². The first kappa shape index (κ1) is 15.7. The minimum absolute atomic E-state index is 0.112. The number of likely N-dealkylation sites (tertiary alicyclic amines) is 1. The molecular formula is C18H23N3O2. The molecule has 1 aromatic heterocycles. The van der Waals surface area contributed by atoms with E-state index in [1.54, 1.807) is 0 Å². The minimum atomic E-state index is 0.112. The Morgan fingerprint density at radius 1 is 1.39 bits per heavy atom. The third kappa shape index (κ3) is 3.79. The smallest absolute Gasteiger partial charge is 0.223 e. The molecule has 2 N–H and O–H groups in total. The maximum absolute atomic E-state index is 12.3. The number of nitrogens with two attached hydrogens (primary N) is 1. The van der Waals surface area contributed by atoms with Gasteiger partial charge >= 0.3 is 0 Å². The van der Waals surface area contributed by atoms with E-state index in [-0.39, 0.29) is 11.9 Å². The summed E-state index contributed by atoms with van der Waals surface area (Å²) in [5, 5.41) is 0. The molecule has 0 spiro atoms. The summed E-state index contributed by atoms with van der Waals surface area (Å²) in [4.78, 5) is 18.6. The molecule has 0 bridgehead atoms. The number of rotatable bonds is 4. The van der Waals surface area contributed by atoms with Gasteiger partial charge in [0.05, 0.1) is 5.69 Å². The van der Waals surface area contributed by atoms with E-state index < -0.39 is 0 Å². The van der Waals surface area contributed by atoms with E-state index in [0.717, 1.165) is 36.4 Å². The van der Waals surface area contributed by atoms with Gasteiger partial charge in [-0.25, -0.2) is 4.98 Å². The molecule has 5 nitrogen and oxygen atoms in total. The van der Waals surface area contributed by atoms with Crippen molar-refractivity contribution in [1.29, 1.82) is 0 Å². The van der Waals surface area contributed by atoms with Crippen LogP contribution in [0.1, 0.15) is 30.8 Å². The van der Waals surface area contributed by atoms with Gasteiger partial charge in [-0.1, -0.05) is 30.3 Å². The van der Waals surface area contributed by atoms with E-state index in [0.29, 0.717) is 25.3 Å². The number of hydrogen-bond acceptors (Lipinski definition) is 4. The number of aryl methyl sites for hydroxylation is 2. The zero-order valence-corrected chi connectivity index (χ0v) is 13.5. The molecule has 1 fully saturated rings. The molecule has 2 aromatic rings. The Kier molecular flexibility index (Phi) is 4.76. The van der Waals surface area contributed by atoms with Crippen LogP contribution in [0, 0.1) is 6.92 Å². The Morgan fingerprint density at radius 3 is 2.91 bits per heavy atom. The van der Waals surface area contributed by atoms with Crippen molar-refractivity contribution in [1.82, 2.24) is 9.88 Å². The zero-order valence-electron chi connectivity index (χ0n) is 13.5. The van der Waals surface area contributed by atoms with Crippen LogP contribution in [0.25, 0.3) is 11.3 Å². The lowest BCUT2D eigenvalue weighted by atomic mass is 10.1. The maximum Gasteiger partial charge on any atom is 0.223 e. The fourth-order valence-corrected chi connectivity index (χ4v) is 3.03. The Balaban J connectivity index is 1.62. The second-order valence-corrected chi connectivity index (χ2v) is 6.13. The van der Waals surface area contributed by atoms with E-state index in [9.17, 15) is 4.79 Å². The first-order chi connectivity index (χ1) is 11.1. The number of aromatic nitrogens is 1. The average Bonchev–Trinajstić information content (AvgIpc) is 2.94. The van der Waals surface area contributed by atoms with Gasteiger partial charge in [0, 0.05) is 37.5 Å². The van der Waals surface area contributed by atoms with Crippen LogP contribution in [0.4, 0.5) is 0 Å². The molecule has 1 aliphatic heterocycles. The standard InChI is InChI=1S/C18H23N3O2/c1-13-18(14-6-3-2-4-7-14)23-16(20-13)9-10-17(22)21-11-5-8-15(19)12-21/h2-4,6-7,15H,5,8-12,19H2,1H3/t15-/m0/s1. The number of amides is 1. The van der Waals surface area contributed by atoms with Crippen LogP contribution >= 0.6 is 0 Å². The number of carbonyl (C=O) groups is 1. The van der Waals surface area contributed by atoms with Crippen LogP contribution in [-0.4, -0.2) is 34.9 Å². The lowest BCUT2D eigenvalue weighted by Gasteiger charge is -2.30. The second kappa shape index (κ2) is 6.96. The van der Waals surface area contributed by atoms with Crippen molar-refractivity contribution in [2.24, 2.45) is 5.73 Å². The number of benzene rings is 1. The van der Waals surface area contributed by atoms with Crippen molar-refractivity contribution in [2.75, 3.05) is 13.1 Å². The van der Waals surface area contributed by atoms with Crippen molar-refractivity contribution >= 4 is 5.91 Å². The van der Waals surface area contributed by atoms with Gasteiger partial charge in [-0.15, -0.1) is 0 Å². The normalized spacial score (nSPS) is 18.2. The van der Waals surface area contributed by atoms with E-state index in [1.807, 2.05) is 42.2 Å². The van der Waals surface area contributed by atoms with E-state index in [2.05, 4.69) is 4.98 Å². The molecule has 1 saturated heterocycles. The van der Waals surface area contributed by atoms with E-state index >= 15 is 0 Å². The average molecular weight is 313 g/mol. The molecule has 0 unspecified atom stereocenters. The molecule has 0 aliphatic carbocycles. The molecule has 1 aliphatic rings. The van der Waals surface area contributed by atoms with Crippen LogP contribution in [0.15, 0.2) is 34.7 Å². The zero-order chi connectivity index (χ0) is 16.2. The van der Waals surface area contributed by atoms with Crippen molar-refractivity contribution < 1.29 is 9.21 Å². The highest BCUT2D eigenvalue weighted by Crippen LogP contribution is 2.24. The summed E-state index contributed by atoms with van der Waals surface area (Å²) in [5.74, 6) is 1.54. The Hall–Kier alpha value is -2.14. The Labute approximate surface area is 136 Å².